The molecule has 2 aromatic carbocycles. The van der Waals surface area contributed by atoms with Crippen LogP contribution in [0.25, 0.3) is 0 Å². The van der Waals surface area contributed by atoms with E-state index in [2.05, 4.69) is 5.32 Å². The molecule has 1 N–H and O–H groups in total. The maximum absolute atomic E-state index is 12.3. The van der Waals surface area contributed by atoms with Crippen LogP contribution in [-0.2, 0) is 9.53 Å². The standard InChI is InChI=1S/C19H20ClNO3/c1-11-9-12(2)17(13(3)10-11)21-18(22)14(4)24-19(23)15-5-7-16(20)8-6-15/h5-10,14H,1-4H3,(H,21,22). The molecular formula is C19H20ClNO3. The number of nitrogens with one attached hydrogen (secondary N) is 1. The van der Waals surface area contributed by atoms with E-state index in [0.717, 1.165) is 22.4 Å². The summed E-state index contributed by atoms with van der Waals surface area (Å²) < 4.78 is 5.22. The van der Waals surface area contributed by atoms with Gasteiger partial charge in [-0.1, -0.05) is 29.3 Å². The van der Waals surface area contributed by atoms with Crippen LogP contribution in [0.1, 0.15) is 34.0 Å². The first-order valence-corrected chi connectivity index (χ1v) is 8.01. The van der Waals surface area contributed by atoms with Crippen LogP contribution in [0.15, 0.2) is 36.4 Å². The van der Waals surface area contributed by atoms with Crippen molar-refractivity contribution in [2.24, 2.45) is 0 Å². The number of amides is 1. The molecule has 1 atom stereocenters. The molecule has 1 amide bonds. The van der Waals surface area contributed by atoms with E-state index in [1.54, 1.807) is 31.2 Å². The van der Waals surface area contributed by atoms with Gasteiger partial charge >= 0.3 is 5.97 Å². The van der Waals surface area contributed by atoms with Gasteiger partial charge in [-0.25, -0.2) is 4.79 Å². The Hall–Kier alpha value is -2.33. The van der Waals surface area contributed by atoms with E-state index in [-0.39, 0.29) is 5.91 Å². The Kier molecular flexibility index (Phi) is 5.62. The minimum atomic E-state index is -0.909. The lowest BCUT2D eigenvalue weighted by Gasteiger charge is -2.17. The molecule has 0 saturated carbocycles. The fraction of sp³-hybridized carbons (Fsp3) is 0.263. The number of benzene rings is 2. The Morgan fingerprint density at radius 3 is 2.12 bits per heavy atom. The predicted molar refractivity (Wildman–Crippen MR) is 95.6 cm³/mol. The van der Waals surface area contributed by atoms with Gasteiger partial charge in [0.1, 0.15) is 0 Å². The number of carbonyl (C=O) groups excluding carboxylic acids is 2. The summed E-state index contributed by atoms with van der Waals surface area (Å²) in [7, 11) is 0. The Balaban J connectivity index is 2.05. The highest BCUT2D eigenvalue weighted by molar-refractivity contribution is 6.30. The summed E-state index contributed by atoms with van der Waals surface area (Å²) >= 11 is 5.79. The third-order valence-corrected chi connectivity index (χ3v) is 3.91. The summed E-state index contributed by atoms with van der Waals surface area (Å²) in [6.45, 7) is 7.41. The third-order valence-electron chi connectivity index (χ3n) is 3.66. The molecule has 2 aromatic rings. The van der Waals surface area contributed by atoms with Crippen molar-refractivity contribution in [1.82, 2.24) is 0 Å². The molecule has 0 bridgehead atoms. The van der Waals surface area contributed by atoms with Crippen molar-refractivity contribution in [3.05, 3.63) is 63.7 Å². The first-order chi connectivity index (χ1) is 11.3. The fourth-order valence-corrected chi connectivity index (χ4v) is 2.60. The van der Waals surface area contributed by atoms with Gasteiger partial charge in [0, 0.05) is 10.7 Å². The Bertz CT molecular complexity index is 746. The molecule has 126 valence electrons. The number of ether oxygens (including phenoxy) is 1. The van der Waals surface area contributed by atoms with Crippen molar-refractivity contribution >= 4 is 29.2 Å². The van der Waals surface area contributed by atoms with E-state index in [0.29, 0.717) is 10.6 Å². The first-order valence-electron chi connectivity index (χ1n) is 7.63. The van der Waals surface area contributed by atoms with Gasteiger partial charge in [-0.3, -0.25) is 4.79 Å². The Morgan fingerprint density at radius 2 is 1.58 bits per heavy atom. The van der Waals surface area contributed by atoms with Crippen LogP contribution in [0.3, 0.4) is 0 Å². The highest BCUT2D eigenvalue weighted by Gasteiger charge is 2.20. The summed E-state index contributed by atoms with van der Waals surface area (Å²) in [5.41, 5.74) is 4.17. The molecule has 0 fully saturated rings. The third kappa shape index (κ3) is 4.36. The normalized spacial score (nSPS) is 11.7. The van der Waals surface area contributed by atoms with E-state index < -0.39 is 12.1 Å². The minimum Gasteiger partial charge on any atom is -0.449 e. The van der Waals surface area contributed by atoms with Gasteiger partial charge in [0.05, 0.1) is 5.56 Å². The van der Waals surface area contributed by atoms with Crippen molar-refractivity contribution in [1.29, 1.82) is 0 Å². The highest BCUT2D eigenvalue weighted by atomic mass is 35.5. The summed E-state index contributed by atoms with van der Waals surface area (Å²) in [6, 6.07) is 10.3. The van der Waals surface area contributed by atoms with Crippen LogP contribution in [0, 0.1) is 20.8 Å². The van der Waals surface area contributed by atoms with Crippen molar-refractivity contribution in [2.45, 2.75) is 33.8 Å². The lowest BCUT2D eigenvalue weighted by molar-refractivity contribution is -0.123. The van der Waals surface area contributed by atoms with E-state index in [1.807, 2.05) is 32.9 Å². The number of anilines is 1. The Morgan fingerprint density at radius 1 is 1.04 bits per heavy atom. The maximum Gasteiger partial charge on any atom is 0.338 e. The smallest absolute Gasteiger partial charge is 0.338 e. The van der Waals surface area contributed by atoms with Crippen LogP contribution in [0.5, 0.6) is 0 Å². The van der Waals surface area contributed by atoms with Crippen molar-refractivity contribution in [3.8, 4) is 0 Å². The summed E-state index contributed by atoms with van der Waals surface area (Å²) in [4.78, 5) is 24.4. The summed E-state index contributed by atoms with van der Waals surface area (Å²) in [6.07, 6.45) is -0.909. The van der Waals surface area contributed by atoms with E-state index in [9.17, 15) is 9.59 Å². The quantitative estimate of drug-likeness (QED) is 0.833. The highest BCUT2D eigenvalue weighted by Crippen LogP contribution is 2.22. The van der Waals surface area contributed by atoms with Gasteiger partial charge in [-0.15, -0.1) is 0 Å². The zero-order chi connectivity index (χ0) is 17.9. The largest absolute Gasteiger partial charge is 0.449 e. The monoisotopic (exact) mass is 345 g/mol. The van der Waals surface area contributed by atoms with Gasteiger partial charge in [0.2, 0.25) is 0 Å². The number of hydrogen-bond donors (Lipinski definition) is 1. The number of aryl methyl sites for hydroxylation is 3. The number of esters is 1. The SMILES string of the molecule is Cc1cc(C)c(NC(=O)C(C)OC(=O)c2ccc(Cl)cc2)c(C)c1. The molecule has 0 aliphatic heterocycles. The van der Waals surface area contributed by atoms with E-state index in [4.69, 9.17) is 16.3 Å². The lowest BCUT2D eigenvalue weighted by atomic mass is 10.0. The van der Waals surface area contributed by atoms with Gasteiger partial charge < -0.3 is 10.1 Å². The fourth-order valence-electron chi connectivity index (χ4n) is 2.47. The minimum absolute atomic E-state index is 0.349. The van der Waals surface area contributed by atoms with Crippen molar-refractivity contribution in [3.63, 3.8) is 0 Å². The van der Waals surface area contributed by atoms with Gasteiger partial charge in [-0.2, -0.15) is 0 Å². The molecular weight excluding hydrogens is 326 g/mol. The van der Waals surface area contributed by atoms with Crippen molar-refractivity contribution < 1.29 is 14.3 Å². The molecule has 0 saturated heterocycles. The average Bonchev–Trinajstić information content (AvgIpc) is 2.51. The topological polar surface area (TPSA) is 55.4 Å². The summed E-state index contributed by atoms with van der Waals surface area (Å²) in [5.74, 6) is -0.931. The molecule has 0 spiro atoms. The molecule has 0 aliphatic carbocycles. The number of carbonyl (C=O) groups is 2. The van der Waals surface area contributed by atoms with Crippen LogP contribution in [0.4, 0.5) is 5.69 Å². The molecule has 24 heavy (non-hydrogen) atoms. The maximum atomic E-state index is 12.3. The first kappa shape index (κ1) is 18.0. The molecule has 2 rings (SSSR count). The molecule has 0 aliphatic rings. The lowest BCUT2D eigenvalue weighted by Crippen LogP contribution is -2.30. The second-order valence-electron chi connectivity index (χ2n) is 5.82. The molecule has 5 heteroatoms. The molecule has 0 radical (unpaired) electrons. The van der Waals surface area contributed by atoms with Gasteiger partial charge in [0.25, 0.3) is 5.91 Å². The summed E-state index contributed by atoms with van der Waals surface area (Å²) in [5, 5.41) is 3.36. The van der Waals surface area contributed by atoms with Crippen molar-refractivity contribution in [2.75, 3.05) is 5.32 Å². The predicted octanol–water partition coefficient (Wildman–Crippen LogP) is 4.45. The number of halogens is 1. The molecule has 0 aromatic heterocycles. The van der Waals surface area contributed by atoms with Crippen LogP contribution in [-0.4, -0.2) is 18.0 Å². The number of rotatable bonds is 4. The van der Waals surface area contributed by atoms with Gasteiger partial charge in [0.15, 0.2) is 6.10 Å². The second kappa shape index (κ2) is 7.49. The molecule has 1 unspecified atom stereocenters. The molecule has 0 heterocycles. The zero-order valence-corrected chi connectivity index (χ0v) is 14.9. The van der Waals surface area contributed by atoms with Crippen LogP contribution >= 0.6 is 11.6 Å². The number of hydrogen-bond acceptors (Lipinski definition) is 3. The Labute approximate surface area is 146 Å². The van der Waals surface area contributed by atoms with E-state index >= 15 is 0 Å². The molecule has 4 nitrogen and oxygen atoms in total. The van der Waals surface area contributed by atoms with Crippen LogP contribution < -0.4 is 5.32 Å². The average molecular weight is 346 g/mol. The van der Waals surface area contributed by atoms with Crippen LogP contribution in [0.2, 0.25) is 5.02 Å². The van der Waals surface area contributed by atoms with E-state index in [1.165, 1.54) is 0 Å². The second-order valence-corrected chi connectivity index (χ2v) is 6.25. The van der Waals surface area contributed by atoms with Gasteiger partial charge in [-0.05, 0) is 63.1 Å². The zero-order valence-electron chi connectivity index (χ0n) is 14.1.